The Hall–Kier alpha value is -2.90. The fourth-order valence-corrected chi connectivity index (χ4v) is 4.24. The predicted octanol–water partition coefficient (Wildman–Crippen LogP) is 5.96. The fraction of sp³-hybridized carbons (Fsp3) is 0.227. The molecule has 6 nitrogen and oxygen atoms in total. The number of aryl methyl sites for hydroxylation is 1. The van der Waals surface area contributed by atoms with Crippen LogP contribution in [0.3, 0.4) is 0 Å². The highest BCUT2D eigenvalue weighted by atomic mass is 35.5. The van der Waals surface area contributed by atoms with Crippen molar-refractivity contribution in [1.29, 1.82) is 0 Å². The van der Waals surface area contributed by atoms with Crippen LogP contribution >= 0.6 is 22.9 Å². The third kappa shape index (κ3) is 3.78. The number of fused-ring (bicyclic) bond motifs is 1. The van der Waals surface area contributed by atoms with Crippen molar-refractivity contribution in [3.8, 4) is 16.3 Å². The zero-order chi connectivity index (χ0) is 21.4. The Morgan fingerprint density at radius 2 is 2.03 bits per heavy atom. The molecule has 0 radical (unpaired) electrons. The molecular formula is C22H21ClN4O2S. The van der Waals surface area contributed by atoms with Crippen LogP contribution in [-0.4, -0.2) is 27.8 Å². The fourth-order valence-electron chi connectivity index (χ4n) is 3.20. The van der Waals surface area contributed by atoms with Gasteiger partial charge < -0.3 is 10.1 Å². The van der Waals surface area contributed by atoms with Crippen molar-refractivity contribution in [3.05, 3.63) is 58.1 Å². The highest BCUT2D eigenvalue weighted by molar-refractivity contribution is 7.15. The van der Waals surface area contributed by atoms with Crippen LogP contribution in [0, 0.1) is 6.92 Å². The molecule has 8 heteroatoms. The van der Waals surface area contributed by atoms with Gasteiger partial charge in [0.25, 0.3) is 5.91 Å². The first-order valence-corrected chi connectivity index (χ1v) is 10.7. The summed E-state index contributed by atoms with van der Waals surface area (Å²) < 4.78 is 7.00. The SMILES string of the molecule is COc1ccc(NC(=O)c2cc(-c3ccc(C)s3)nc3c2cnn3C(C)C)c(Cl)c1. The van der Waals surface area contributed by atoms with Crippen molar-refractivity contribution >= 4 is 45.6 Å². The number of aromatic nitrogens is 3. The van der Waals surface area contributed by atoms with E-state index in [-0.39, 0.29) is 11.9 Å². The lowest BCUT2D eigenvalue weighted by Gasteiger charge is -2.11. The van der Waals surface area contributed by atoms with E-state index in [0.29, 0.717) is 33.1 Å². The van der Waals surface area contributed by atoms with E-state index in [9.17, 15) is 4.79 Å². The van der Waals surface area contributed by atoms with Crippen LogP contribution in [-0.2, 0) is 0 Å². The molecular weight excluding hydrogens is 420 g/mol. The molecule has 0 bridgehead atoms. The summed E-state index contributed by atoms with van der Waals surface area (Å²) in [4.78, 5) is 20.2. The molecule has 3 aromatic heterocycles. The lowest BCUT2D eigenvalue weighted by molar-refractivity contribution is 0.102. The molecule has 0 atom stereocenters. The van der Waals surface area contributed by atoms with E-state index in [0.717, 1.165) is 10.6 Å². The van der Waals surface area contributed by atoms with Gasteiger partial charge in [0.2, 0.25) is 0 Å². The van der Waals surface area contributed by atoms with E-state index in [2.05, 4.69) is 10.4 Å². The van der Waals surface area contributed by atoms with Crippen molar-refractivity contribution < 1.29 is 9.53 Å². The second-order valence-electron chi connectivity index (χ2n) is 7.19. The Kier molecular flexibility index (Phi) is 5.49. The van der Waals surface area contributed by atoms with Gasteiger partial charge in [-0.2, -0.15) is 5.10 Å². The molecule has 0 saturated carbocycles. The van der Waals surface area contributed by atoms with Crippen molar-refractivity contribution in [3.63, 3.8) is 0 Å². The third-order valence-electron chi connectivity index (χ3n) is 4.72. The maximum absolute atomic E-state index is 13.2. The molecule has 0 saturated heterocycles. The van der Waals surface area contributed by atoms with Gasteiger partial charge in [-0.15, -0.1) is 11.3 Å². The molecule has 0 unspecified atom stereocenters. The standard InChI is InChI=1S/C22H21ClN4O2S/c1-12(2)27-21-16(11-24-27)15(10-19(25-21)20-8-5-13(3)30-20)22(28)26-18-7-6-14(29-4)9-17(18)23/h5-12H,1-4H3,(H,26,28). The minimum atomic E-state index is -0.271. The lowest BCUT2D eigenvalue weighted by Crippen LogP contribution is -2.13. The van der Waals surface area contributed by atoms with Gasteiger partial charge in [0, 0.05) is 17.0 Å². The summed E-state index contributed by atoms with van der Waals surface area (Å²) in [7, 11) is 1.57. The monoisotopic (exact) mass is 440 g/mol. The minimum absolute atomic E-state index is 0.113. The highest BCUT2D eigenvalue weighted by Gasteiger charge is 2.20. The molecule has 1 N–H and O–H groups in total. The van der Waals surface area contributed by atoms with Crippen molar-refractivity contribution in [1.82, 2.24) is 14.8 Å². The molecule has 1 aromatic carbocycles. The Balaban J connectivity index is 1.81. The van der Waals surface area contributed by atoms with Crippen molar-refractivity contribution in [2.24, 2.45) is 0 Å². The number of hydrogen-bond acceptors (Lipinski definition) is 5. The van der Waals surface area contributed by atoms with Gasteiger partial charge in [-0.3, -0.25) is 4.79 Å². The van der Waals surface area contributed by atoms with Gasteiger partial charge in [0.05, 0.1) is 45.5 Å². The first-order chi connectivity index (χ1) is 14.4. The maximum Gasteiger partial charge on any atom is 0.256 e. The number of rotatable bonds is 5. The molecule has 4 aromatic rings. The normalized spacial score (nSPS) is 11.3. The number of carbonyl (C=O) groups excluding carboxylic acids is 1. The molecule has 1 amide bonds. The largest absolute Gasteiger partial charge is 0.497 e. The smallest absolute Gasteiger partial charge is 0.256 e. The predicted molar refractivity (Wildman–Crippen MR) is 122 cm³/mol. The molecule has 154 valence electrons. The summed E-state index contributed by atoms with van der Waals surface area (Å²) in [5.41, 5.74) is 2.44. The van der Waals surface area contributed by atoms with Crippen LogP contribution in [0.15, 0.2) is 42.6 Å². The number of ether oxygens (including phenoxy) is 1. The summed E-state index contributed by atoms with van der Waals surface area (Å²) in [5.74, 6) is 0.352. The second kappa shape index (κ2) is 8.08. The van der Waals surface area contributed by atoms with Gasteiger partial charge in [-0.25, -0.2) is 9.67 Å². The topological polar surface area (TPSA) is 69.0 Å². The number of pyridine rings is 1. The third-order valence-corrected chi connectivity index (χ3v) is 6.05. The van der Waals surface area contributed by atoms with Crippen LogP contribution < -0.4 is 10.1 Å². The summed E-state index contributed by atoms with van der Waals surface area (Å²) in [6, 6.07) is 11.1. The Morgan fingerprint density at radius 1 is 1.23 bits per heavy atom. The molecule has 30 heavy (non-hydrogen) atoms. The summed E-state index contributed by atoms with van der Waals surface area (Å²) >= 11 is 7.95. The average molecular weight is 441 g/mol. The second-order valence-corrected chi connectivity index (χ2v) is 8.88. The zero-order valence-corrected chi connectivity index (χ0v) is 18.6. The van der Waals surface area contributed by atoms with Crippen LogP contribution in [0.1, 0.15) is 35.1 Å². The Bertz CT molecular complexity index is 1250. The van der Waals surface area contributed by atoms with E-state index < -0.39 is 0 Å². The van der Waals surface area contributed by atoms with Gasteiger partial charge in [-0.05, 0) is 51.1 Å². The van der Waals surface area contributed by atoms with Gasteiger partial charge in [0.15, 0.2) is 5.65 Å². The number of anilines is 1. The quantitative estimate of drug-likeness (QED) is 0.415. The van der Waals surface area contributed by atoms with Crippen LogP contribution in [0.5, 0.6) is 5.75 Å². The first-order valence-electron chi connectivity index (χ1n) is 9.47. The Labute approximate surface area is 183 Å². The molecule has 0 aliphatic heterocycles. The van der Waals surface area contributed by atoms with Crippen LogP contribution in [0.4, 0.5) is 5.69 Å². The van der Waals surface area contributed by atoms with Gasteiger partial charge in [-0.1, -0.05) is 11.6 Å². The maximum atomic E-state index is 13.2. The molecule has 0 spiro atoms. The summed E-state index contributed by atoms with van der Waals surface area (Å²) in [5, 5.41) is 8.46. The number of hydrogen-bond donors (Lipinski definition) is 1. The number of nitrogens with zero attached hydrogens (tertiary/aromatic N) is 3. The van der Waals surface area contributed by atoms with E-state index in [1.165, 1.54) is 4.88 Å². The summed E-state index contributed by atoms with van der Waals surface area (Å²) in [6.45, 7) is 6.12. The molecule has 0 aliphatic carbocycles. The summed E-state index contributed by atoms with van der Waals surface area (Å²) in [6.07, 6.45) is 1.69. The molecule has 3 heterocycles. The Morgan fingerprint density at radius 3 is 2.67 bits per heavy atom. The first kappa shape index (κ1) is 20.4. The molecule has 4 rings (SSSR count). The van der Waals surface area contributed by atoms with Crippen molar-refractivity contribution in [2.75, 3.05) is 12.4 Å². The number of amides is 1. The van der Waals surface area contributed by atoms with Gasteiger partial charge >= 0.3 is 0 Å². The van der Waals surface area contributed by atoms with Crippen LogP contribution in [0.25, 0.3) is 21.6 Å². The van der Waals surface area contributed by atoms with Crippen LogP contribution in [0.2, 0.25) is 5.02 Å². The average Bonchev–Trinajstić information content (AvgIpc) is 3.34. The zero-order valence-electron chi connectivity index (χ0n) is 17.1. The number of thiophene rings is 1. The van der Waals surface area contributed by atoms with Gasteiger partial charge in [0.1, 0.15) is 5.75 Å². The number of benzene rings is 1. The number of carbonyl (C=O) groups is 1. The number of halogens is 1. The number of methoxy groups -OCH3 is 1. The van der Waals surface area contributed by atoms with E-state index in [1.54, 1.807) is 42.8 Å². The number of nitrogens with one attached hydrogen (secondary N) is 1. The molecule has 0 aliphatic rings. The molecule has 0 fully saturated rings. The van der Waals surface area contributed by atoms with E-state index in [1.807, 2.05) is 43.7 Å². The van der Waals surface area contributed by atoms with Crippen molar-refractivity contribution in [2.45, 2.75) is 26.8 Å². The van der Waals surface area contributed by atoms with E-state index in [4.69, 9.17) is 21.3 Å². The lowest BCUT2D eigenvalue weighted by atomic mass is 10.1. The minimum Gasteiger partial charge on any atom is -0.497 e. The van der Waals surface area contributed by atoms with E-state index >= 15 is 0 Å². The highest BCUT2D eigenvalue weighted by Crippen LogP contribution is 2.32.